The van der Waals surface area contributed by atoms with Crippen LogP contribution in [0, 0.1) is 28.6 Å². The van der Waals surface area contributed by atoms with Crippen LogP contribution in [-0.4, -0.2) is 11.6 Å². The summed E-state index contributed by atoms with van der Waals surface area (Å²) in [6, 6.07) is 0. The van der Waals surface area contributed by atoms with Crippen LogP contribution in [-0.2, 0) is 4.79 Å². The zero-order valence-corrected chi connectivity index (χ0v) is 14.7. The molecule has 1 unspecified atom stereocenters. The van der Waals surface area contributed by atoms with Crippen LogP contribution in [0.1, 0.15) is 80.6 Å². The Labute approximate surface area is 126 Å². The van der Waals surface area contributed by atoms with Gasteiger partial charge in [-0.15, -0.1) is 0 Å². The molecule has 0 aromatic rings. The fourth-order valence-corrected chi connectivity index (χ4v) is 3.79. The molecule has 2 nitrogen and oxygen atoms in total. The molecule has 120 valence electrons. The van der Waals surface area contributed by atoms with E-state index in [1.807, 2.05) is 0 Å². The first kappa shape index (κ1) is 19.5. The van der Waals surface area contributed by atoms with Gasteiger partial charge in [0.1, 0.15) is 0 Å². The Morgan fingerprint density at radius 2 is 1.40 bits per heavy atom. The summed E-state index contributed by atoms with van der Waals surface area (Å²) in [4.78, 5) is 8.36. The van der Waals surface area contributed by atoms with E-state index >= 15 is 0 Å². The van der Waals surface area contributed by atoms with E-state index in [4.69, 9.17) is 9.90 Å². The lowest BCUT2D eigenvalue weighted by Gasteiger charge is -2.46. The molecule has 0 saturated heterocycles. The van der Waals surface area contributed by atoms with Gasteiger partial charge in [0.05, 0.1) is 0 Å². The van der Waals surface area contributed by atoms with E-state index in [1.54, 1.807) is 0 Å². The fourth-order valence-electron chi connectivity index (χ4n) is 3.79. The van der Waals surface area contributed by atoms with Gasteiger partial charge in [0.2, 0.25) is 0 Å². The van der Waals surface area contributed by atoms with Gasteiger partial charge < -0.3 is 5.11 Å². The normalized spacial score (nSPS) is 26.4. The summed E-state index contributed by atoms with van der Waals surface area (Å²) in [6.45, 7) is 16.7. The maximum absolute atomic E-state index is 8.36. The van der Waals surface area contributed by atoms with E-state index in [0.717, 1.165) is 17.8 Å². The van der Waals surface area contributed by atoms with Crippen molar-refractivity contribution in [3.8, 4) is 0 Å². The van der Waals surface area contributed by atoms with E-state index in [1.165, 1.54) is 32.1 Å². The summed E-state index contributed by atoms with van der Waals surface area (Å²) in [7, 11) is 0. The Balaban J connectivity index is 0.00000110. The lowest BCUT2D eigenvalue weighted by atomic mass is 9.59. The quantitative estimate of drug-likeness (QED) is 0.684. The zero-order valence-electron chi connectivity index (χ0n) is 14.7. The second-order valence-corrected chi connectivity index (χ2v) is 8.03. The Hall–Kier alpha value is -0.530. The predicted octanol–water partition coefficient (Wildman–Crippen LogP) is 5.61. The molecule has 0 amide bonds. The van der Waals surface area contributed by atoms with Crippen molar-refractivity contribution in [3.63, 3.8) is 0 Å². The van der Waals surface area contributed by atoms with Crippen LogP contribution in [0.4, 0.5) is 0 Å². The summed E-state index contributed by atoms with van der Waals surface area (Å²) in [6.07, 6.45) is 7.18. The number of rotatable bonds is 3. The summed E-state index contributed by atoms with van der Waals surface area (Å²) in [5, 5.41) is 6.89. The molecule has 2 heteroatoms. The third kappa shape index (κ3) is 5.10. The molecule has 1 aliphatic rings. The topological polar surface area (TPSA) is 37.3 Å². The molecule has 0 aliphatic heterocycles. The molecule has 20 heavy (non-hydrogen) atoms. The molecule has 0 aromatic carbocycles. The number of carbonyl (C=O) groups is 1. The molecular weight excluding hydrogens is 248 g/mol. The lowest BCUT2D eigenvalue weighted by Crippen LogP contribution is -2.36. The van der Waals surface area contributed by atoms with E-state index in [0.29, 0.717) is 10.8 Å². The third-order valence-electron chi connectivity index (χ3n) is 5.97. The van der Waals surface area contributed by atoms with Gasteiger partial charge in [-0.05, 0) is 54.3 Å². The number of hydrogen-bond donors (Lipinski definition) is 1. The molecule has 1 rings (SSSR count). The molecule has 1 atom stereocenters. The van der Waals surface area contributed by atoms with Gasteiger partial charge in [0, 0.05) is 0 Å². The summed E-state index contributed by atoms with van der Waals surface area (Å²) < 4.78 is 0. The van der Waals surface area contributed by atoms with Crippen molar-refractivity contribution < 1.29 is 9.90 Å². The molecule has 1 aliphatic carbocycles. The Bertz CT molecular complexity index is 270. The first-order valence-corrected chi connectivity index (χ1v) is 8.21. The summed E-state index contributed by atoms with van der Waals surface area (Å²) in [5.41, 5.74) is 1.09. The van der Waals surface area contributed by atoms with Crippen LogP contribution in [0.15, 0.2) is 0 Å². The minimum absolute atomic E-state index is 0.250. The Morgan fingerprint density at radius 3 is 1.65 bits per heavy atom. The van der Waals surface area contributed by atoms with Crippen molar-refractivity contribution in [3.05, 3.63) is 0 Å². The fraction of sp³-hybridized carbons (Fsp3) is 0.944. The van der Waals surface area contributed by atoms with Gasteiger partial charge in [-0.3, -0.25) is 4.79 Å². The standard InChI is InChI=1S/C17H34.CH2O2/c1-8-17(7,13(2)3)15-11-9-14(10-12-15)16(4,5)6;2-1-3/h13-15H,8-12H2,1-7H3;1H,(H,2,3). The van der Waals surface area contributed by atoms with Gasteiger partial charge in [-0.2, -0.15) is 0 Å². The van der Waals surface area contributed by atoms with E-state index in [2.05, 4.69) is 48.5 Å². The average Bonchev–Trinajstić information content (AvgIpc) is 2.37. The Morgan fingerprint density at radius 1 is 1.05 bits per heavy atom. The van der Waals surface area contributed by atoms with E-state index in [9.17, 15) is 0 Å². The van der Waals surface area contributed by atoms with Crippen molar-refractivity contribution in [2.45, 2.75) is 80.6 Å². The van der Waals surface area contributed by atoms with Gasteiger partial charge in [-0.25, -0.2) is 0 Å². The third-order valence-corrected chi connectivity index (χ3v) is 5.97. The molecule has 1 fully saturated rings. The molecule has 1 N–H and O–H groups in total. The molecular formula is C18H36O2. The number of carboxylic acid groups (broad SMARTS) is 1. The largest absolute Gasteiger partial charge is 0.483 e. The van der Waals surface area contributed by atoms with E-state index < -0.39 is 0 Å². The smallest absolute Gasteiger partial charge is 0.290 e. The minimum atomic E-state index is -0.250. The van der Waals surface area contributed by atoms with Crippen LogP contribution in [0.25, 0.3) is 0 Å². The molecule has 0 heterocycles. The van der Waals surface area contributed by atoms with Crippen LogP contribution >= 0.6 is 0 Å². The lowest BCUT2D eigenvalue weighted by molar-refractivity contribution is -0.122. The number of hydrogen-bond acceptors (Lipinski definition) is 1. The zero-order chi connectivity index (χ0) is 16.0. The van der Waals surface area contributed by atoms with Crippen molar-refractivity contribution in [1.82, 2.24) is 0 Å². The highest BCUT2D eigenvalue weighted by atomic mass is 16.3. The first-order valence-electron chi connectivity index (χ1n) is 8.21. The van der Waals surface area contributed by atoms with Gasteiger partial charge in [0.25, 0.3) is 6.47 Å². The van der Waals surface area contributed by atoms with Crippen LogP contribution in [0.3, 0.4) is 0 Å². The second kappa shape index (κ2) is 8.05. The SMILES string of the molecule is CCC(C)(C(C)C)C1CCC(C(C)(C)C)CC1.O=CO. The van der Waals surface area contributed by atoms with Crippen LogP contribution in [0.2, 0.25) is 0 Å². The van der Waals surface area contributed by atoms with Gasteiger partial charge in [0.15, 0.2) is 0 Å². The average molecular weight is 284 g/mol. The summed E-state index contributed by atoms with van der Waals surface area (Å²) >= 11 is 0. The summed E-state index contributed by atoms with van der Waals surface area (Å²) in [5.74, 6) is 2.74. The highest BCUT2D eigenvalue weighted by Crippen LogP contribution is 2.49. The highest BCUT2D eigenvalue weighted by molar-refractivity contribution is 5.32. The van der Waals surface area contributed by atoms with Crippen molar-refractivity contribution >= 4 is 6.47 Å². The monoisotopic (exact) mass is 284 g/mol. The highest BCUT2D eigenvalue weighted by Gasteiger charge is 2.39. The van der Waals surface area contributed by atoms with Crippen LogP contribution in [0.5, 0.6) is 0 Å². The van der Waals surface area contributed by atoms with Crippen LogP contribution < -0.4 is 0 Å². The molecule has 0 bridgehead atoms. The van der Waals surface area contributed by atoms with Gasteiger partial charge in [-0.1, -0.05) is 54.9 Å². The minimum Gasteiger partial charge on any atom is -0.483 e. The molecule has 0 spiro atoms. The Kier molecular flexibility index (Phi) is 7.83. The van der Waals surface area contributed by atoms with Crippen molar-refractivity contribution in [2.24, 2.45) is 28.6 Å². The van der Waals surface area contributed by atoms with E-state index in [-0.39, 0.29) is 6.47 Å². The molecule has 0 radical (unpaired) electrons. The maximum atomic E-state index is 8.36. The molecule has 1 saturated carbocycles. The second-order valence-electron chi connectivity index (χ2n) is 8.03. The predicted molar refractivity (Wildman–Crippen MR) is 86.8 cm³/mol. The molecule has 0 aromatic heterocycles. The maximum Gasteiger partial charge on any atom is 0.290 e. The van der Waals surface area contributed by atoms with Crippen molar-refractivity contribution in [1.29, 1.82) is 0 Å². The van der Waals surface area contributed by atoms with Crippen molar-refractivity contribution in [2.75, 3.05) is 0 Å². The first-order chi connectivity index (χ1) is 9.13. The van der Waals surface area contributed by atoms with Gasteiger partial charge >= 0.3 is 0 Å².